The van der Waals surface area contributed by atoms with Gasteiger partial charge >= 0.3 is 0 Å². The number of halogens is 1. The number of fused-ring (bicyclic) bond motifs is 1. The maximum Gasteiger partial charge on any atom is 0.291 e. The van der Waals surface area contributed by atoms with E-state index in [0.717, 1.165) is 0 Å². The van der Waals surface area contributed by atoms with E-state index in [1.807, 2.05) is 0 Å². The Hall–Kier alpha value is -3.51. The molecule has 140 valence electrons. The van der Waals surface area contributed by atoms with Crippen molar-refractivity contribution in [3.63, 3.8) is 0 Å². The van der Waals surface area contributed by atoms with Gasteiger partial charge in [0.2, 0.25) is 5.78 Å². The Bertz CT molecular complexity index is 1180. The highest BCUT2D eigenvalue weighted by Gasteiger charge is 2.25. The van der Waals surface area contributed by atoms with Crippen molar-refractivity contribution in [2.24, 2.45) is 0 Å². The highest BCUT2D eigenvalue weighted by Crippen LogP contribution is 2.34. The molecular weight excluding hydrogens is 382 g/mol. The molecule has 4 rings (SSSR count). The number of anilines is 1. The van der Waals surface area contributed by atoms with Gasteiger partial charge in [0.05, 0.1) is 24.1 Å². The molecule has 2 heterocycles. The first kappa shape index (κ1) is 17.9. The van der Waals surface area contributed by atoms with Crippen molar-refractivity contribution >= 4 is 39.9 Å². The summed E-state index contributed by atoms with van der Waals surface area (Å²) in [5.74, 6) is -0.332. The summed E-state index contributed by atoms with van der Waals surface area (Å²) >= 11 is 6.14. The second-order valence-corrected chi connectivity index (χ2v) is 6.32. The van der Waals surface area contributed by atoms with Crippen molar-refractivity contribution in [1.29, 1.82) is 0 Å². The monoisotopic (exact) mass is 395 g/mol. The molecule has 0 spiro atoms. The molecule has 0 aliphatic rings. The SMILES string of the molecule is COc1ccc(C(=O)c2oc3ccccc3c2NC(=O)c2ccco2)cc1Cl. The van der Waals surface area contributed by atoms with Crippen LogP contribution in [0.4, 0.5) is 5.69 Å². The van der Waals surface area contributed by atoms with E-state index in [1.165, 1.54) is 25.5 Å². The van der Waals surface area contributed by atoms with E-state index in [9.17, 15) is 9.59 Å². The van der Waals surface area contributed by atoms with Gasteiger partial charge in [-0.1, -0.05) is 23.7 Å². The van der Waals surface area contributed by atoms with Crippen LogP contribution in [0.15, 0.2) is 69.7 Å². The molecule has 7 heteroatoms. The second-order valence-electron chi connectivity index (χ2n) is 5.91. The summed E-state index contributed by atoms with van der Waals surface area (Å²) in [4.78, 5) is 25.6. The summed E-state index contributed by atoms with van der Waals surface area (Å²) in [6, 6.07) is 14.9. The molecule has 2 aromatic carbocycles. The number of rotatable bonds is 5. The number of furan rings is 2. The number of hydrogen-bond donors (Lipinski definition) is 1. The lowest BCUT2D eigenvalue weighted by Crippen LogP contribution is -2.13. The van der Waals surface area contributed by atoms with Crippen LogP contribution in [0.2, 0.25) is 5.02 Å². The average Bonchev–Trinajstić information content (AvgIpc) is 3.36. The molecule has 0 radical (unpaired) electrons. The Morgan fingerprint density at radius 1 is 1.07 bits per heavy atom. The van der Waals surface area contributed by atoms with Gasteiger partial charge < -0.3 is 18.9 Å². The summed E-state index contributed by atoms with van der Waals surface area (Å²) < 4.78 is 16.0. The standard InChI is InChI=1S/C21H14ClNO5/c1-26-16-9-8-12(11-14(16)22)19(24)20-18(13-5-2-3-6-15(13)28-20)23-21(25)17-7-4-10-27-17/h2-11H,1H3,(H,23,25). The number of carbonyl (C=O) groups is 2. The molecule has 4 aromatic rings. The maximum absolute atomic E-state index is 13.1. The molecule has 2 aromatic heterocycles. The van der Waals surface area contributed by atoms with E-state index in [0.29, 0.717) is 27.3 Å². The lowest BCUT2D eigenvalue weighted by molar-refractivity contribution is 0.0996. The van der Waals surface area contributed by atoms with Crippen LogP contribution in [-0.2, 0) is 0 Å². The first-order valence-corrected chi connectivity index (χ1v) is 8.71. The average molecular weight is 396 g/mol. The van der Waals surface area contributed by atoms with E-state index in [-0.39, 0.29) is 17.2 Å². The van der Waals surface area contributed by atoms with Gasteiger partial charge in [-0.3, -0.25) is 9.59 Å². The van der Waals surface area contributed by atoms with E-state index in [2.05, 4.69) is 5.32 Å². The highest BCUT2D eigenvalue weighted by molar-refractivity contribution is 6.32. The molecule has 1 N–H and O–H groups in total. The molecule has 0 atom stereocenters. The minimum atomic E-state index is -0.488. The third-order valence-electron chi connectivity index (χ3n) is 4.20. The summed E-state index contributed by atoms with van der Waals surface area (Å²) in [5, 5.41) is 3.62. The number of methoxy groups -OCH3 is 1. The van der Waals surface area contributed by atoms with Gasteiger partial charge in [0.15, 0.2) is 11.5 Å². The van der Waals surface area contributed by atoms with Gasteiger partial charge in [0, 0.05) is 10.9 Å². The van der Waals surface area contributed by atoms with Gasteiger partial charge in [0.1, 0.15) is 11.3 Å². The second kappa shape index (κ2) is 7.25. The smallest absolute Gasteiger partial charge is 0.291 e. The number of ketones is 1. The Morgan fingerprint density at radius 2 is 1.89 bits per heavy atom. The maximum atomic E-state index is 13.1. The lowest BCUT2D eigenvalue weighted by atomic mass is 10.1. The summed E-state index contributed by atoms with van der Waals surface area (Å²) in [6.07, 6.45) is 1.40. The molecule has 0 unspecified atom stereocenters. The third-order valence-corrected chi connectivity index (χ3v) is 4.49. The normalized spacial score (nSPS) is 10.8. The van der Waals surface area contributed by atoms with Crippen LogP contribution >= 0.6 is 11.6 Å². The number of nitrogens with one attached hydrogen (secondary N) is 1. The van der Waals surface area contributed by atoms with Crippen LogP contribution in [0.5, 0.6) is 5.75 Å². The fraction of sp³-hybridized carbons (Fsp3) is 0.0476. The number of amides is 1. The fourth-order valence-electron chi connectivity index (χ4n) is 2.85. The third kappa shape index (κ3) is 3.14. The van der Waals surface area contributed by atoms with Crippen molar-refractivity contribution < 1.29 is 23.2 Å². The Balaban J connectivity index is 1.79. The van der Waals surface area contributed by atoms with Crippen molar-refractivity contribution in [2.75, 3.05) is 12.4 Å². The lowest BCUT2D eigenvalue weighted by Gasteiger charge is -2.07. The molecular formula is C21H14ClNO5. The quantitative estimate of drug-likeness (QED) is 0.471. The van der Waals surface area contributed by atoms with Crippen LogP contribution in [-0.4, -0.2) is 18.8 Å². The van der Waals surface area contributed by atoms with Crippen molar-refractivity contribution in [3.8, 4) is 5.75 Å². The van der Waals surface area contributed by atoms with Crippen molar-refractivity contribution in [3.05, 3.63) is 83.0 Å². The van der Waals surface area contributed by atoms with Gasteiger partial charge in [-0.15, -0.1) is 0 Å². The number of para-hydroxylation sites is 1. The minimum absolute atomic E-state index is 0.00217. The molecule has 0 aliphatic carbocycles. The molecule has 6 nitrogen and oxygen atoms in total. The Morgan fingerprint density at radius 3 is 2.61 bits per heavy atom. The summed E-state index contributed by atoms with van der Waals surface area (Å²) in [5.41, 5.74) is 1.05. The molecule has 0 fully saturated rings. The van der Waals surface area contributed by atoms with Gasteiger partial charge in [-0.2, -0.15) is 0 Å². The zero-order chi connectivity index (χ0) is 19.7. The Labute approximate surface area is 164 Å². The zero-order valence-electron chi connectivity index (χ0n) is 14.7. The molecule has 28 heavy (non-hydrogen) atoms. The molecule has 0 saturated heterocycles. The zero-order valence-corrected chi connectivity index (χ0v) is 15.4. The van der Waals surface area contributed by atoms with Crippen LogP contribution in [0, 0.1) is 0 Å². The molecule has 0 bridgehead atoms. The van der Waals surface area contributed by atoms with Crippen LogP contribution < -0.4 is 10.1 Å². The van der Waals surface area contributed by atoms with Crippen LogP contribution in [0.1, 0.15) is 26.7 Å². The molecule has 0 aliphatic heterocycles. The number of ether oxygens (including phenoxy) is 1. The van der Waals surface area contributed by atoms with Crippen LogP contribution in [0.25, 0.3) is 11.0 Å². The van der Waals surface area contributed by atoms with Crippen molar-refractivity contribution in [2.45, 2.75) is 0 Å². The van der Waals surface area contributed by atoms with E-state index < -0.39 is 11.7 Å². The van der Waals surface area contributed by atoms with Gasteiger partial charge in [-0.05, 0) is 42.5 Å². The topological polar surface area (TPSA) is 81.7 Å². The predicted octanol–water partition coefficient (Wildman–Crippen LogP) is 5.17. The van der Waals surface area contributed by atoms with E-state index in [4.69, 9.17) is 25.2 Å². The summed E-state index contributed by atoms with van der Waals surface area (Å²) in [7, 11) is 1.49. The predicted molar refractivity (Wildman–Crippen MR) is 104 cm³/mol. The number of benzene rings is 2. The first-order chi connectivity index (χ1) is 13.6. The highest BCUT2D eigenvalue weighted by atomic mass is 35.5. The number of hydrogen-bond acceptors (Lipinski definition) is 5. The first-order valence-electron chi connectivity index (χ1n) is 8.33. The van der Waals surface area contributed by atoms with E-state index >= 15 is 0 Å². The molecule has 0 saturated carbocycles. The van der Waals surface area contributed by atoms with Gasteiger partial charge in [0.25, 0.3) is 5.91 Å². The van der Waals surface area contributed by atoms with Crippen molar-refractivity contribution in [1.82, 2.24) is 0 Å². The Kier molecular flexibility index (Phi) is 4.63. The number of carbonyl (C=O) groups excluding carboxylic acids is 2. The van der Waals surface area contributed by atoms with Crippen LogP contribution in [0.3, 0.4) is 0 Å². The van der Waals surface area contributed by atoms with E-state index in [1.54, 1.807) is 42.5 Å². The largest absolute Gasteiger partial charge is 0.495 e. The molecule has 1 amide bonds. The fourth-order valence-corrected chi connectivity index (χ4v) is 3.11. The minimum Gasteiger partial charge on any atom is -0.495 e. The summed E-state index contributed by atoms with van der Waals surface area (Å²) in [6.45, 7) is 0. The van der Waals surface area contributed by atoms with Gasteiger partial charge in [-0.25, -0.2) is 0 Å².